The smallest absolute Gasteiger partial charge is 0.408 e. The number of thiazole rings is 1. The van der Waals surface area contributed by atoms with Gasteiger partial charge in [0.2, 0.25) is 5.91 Å². The summed E-state index contributed by atoms with van der Waals surface area (Å²) >= 11 is 1.25. The van der Waals surface area contributed by atoms with Gasteiger partial charge in [-0.1, -0.05) is 58.0 Å². The van der Waals surface area contributed by atoms with Crippen LogP contribution < -0.4 is 10.6 Å². The predicted octanol–water partition coefficient (Wildman–Crippen LogP) is 4.56. The van der Waals surface area contributed by atoms with Gasteiger partial charge in [0.05, 0.1) is 11.7 Å². The van der Waals surface area contributed by atoms with Crippen molar-refractivity contribution in [1.82, 2.24) is 15.6 Å². The van der Waals surface area contributed by atoms with Crippen LogP contribution in [0.25, 0.3) is 0 Å². The molecule has 0 saturated heterocycles. The molecular formula is C23H30N4O3S. The van der Waals surface area contributed by atoms with E-state index in [1.54, 1.807) is 5.38 Å². The van der Waals surface area contributed by atoms with Crippen LogP contribution in [0, 0.1) is 23.2 Å². The highest BCUT2D eigenvalue weighted by Gasteiger charge is 2.27. The summed E-state index contributed by atoms with van der Waals surface area (Å²) in [7, 11) is 0. The van der Waals surface area contributed by atoms with E-state index in [0.717, 1.165) is 5.56 Å². The summed E-state index contributed by atoms with van der Waals surface area (Å²) < 4.78 is 5.29. The zero-order valence-corrected chi connectivity index (χ0v) is 19.2. The number of benzene rings is 1. The van der Waals surface area contributed by atoms with Crippen LogP contribution in [0.3, 0.4) is 0 Å². The molecule has 1 aromatic carbocycles. The van der Waals surface area contributed by atoms with Gasteiger partial charge in [0.25, 0.3) is 0 Å². The van der Waals surface area contributed by atoms with Gasteiger partial charge in [-0.05, 0) is 30.2 Å². The van der Waals surface area contributed by atoms with E-state index in [9.17, 15) is 9.59 Å². The van der Waals surface area contributed by atoms with Crippen LogP contribution in [0.5, 0.6) is 0 Å². The minimum atomic E-state index is -0.730. The van der Waals surface area contributed by atoms with E-state index in [1.165, 1.54) is 11.3 Å². The number of nitrogens with one attached hydrogen (secondary N) is 2. The number of alkyl carbamates (subject to hydrolysis) is 1. The predicted molar refractivity (Wildman–Crippen MR) is 120 cm³/mol. The van der Waals surface area contributed by atoms with Crippen LogP contribution in [0.2, 0.25) is 0 Å². The lowest BCUT2D eigenvalue weighted by Crippen LogP contribution is -2.48. The van der Waals surface area contributed by atoms with Crippen LogP contribution in [0.1, 0.15) is 62.8 Å². The minimum absolute atomic E-state index is 0.133. The van der Waals surface area contributed by atoms with Crippen molar-refractivity contribution in [3.63, 3.8) is 0 Å². The Morgan fingerprint density at radius 1 is 1.10 bits per heavy atom. The number of hydrogen-bond acceptors (Lipinski definition) is 6. The van der Waals surface area contributed by atoms with Crippen molar-refractivity contribution in [3.05, 3.63) is 52.0 Å². The van der Waals surface area contributed by atoms with Crippen molar-refractivity contribution < 1.29 is 14.3 Å². The van der Waals surface area contributed by atoms with E-state index in [0.29, 0.717) is 29.5 Å². The number of amides is 2. The lowest BCUT2D eigenvalue weighted by Gasteiger charge is -2.24. The molecule has 7 nitrogen and oxygen atoms in total. The van der Waals surface area contributed by atoms with Gasteiger partial charge in [0.1, 0.15) is 18.7 Å². The van der Waals surface area contributed by atoms with Gasteiger partial charge < -0.3 is 15.4 Å². The topological polar surface area (TPSA) is 104 Å². The Bertz CT molecular complexity index is 890. The van der Waals surface area contributed by atoms with Gasteiger partial charge in [-0.2, -0.15) is 5.26 Å². The minimum Gasteiger partial charge on any atom is -0.445 e. The number of hydrogen-bond donors (Lipinski definition) is 2. The van der Waals surface area contributed by atoms with Crippen LogP contribution in [-0.2, 0) is 16.1 Å². The van der Waals surface area contributed by atoms with Gasteiger partial charge in [0, 0.05) is 5.38 Å². The van der Waals surface area contributed by atoms with Crippen molar-refractivity contribution in [3.8, 4) is 6.07 Å². The molecule has 1 aromatic heterocycles. The zero-order chi connectivity index (χ0) is 22.8. The monoisotopic (exact) mass is 442 g/mol. The highest BCUT2D eigenvalue weighted by Crippen LogP contribution is 2.23. The fraction of sp³-hybridized carbons (Fsp3) is 0.478. The normalized spacial score (nSPS) is 12.8. The van der Waals surface area contributed by atoms with Crippen molar-refractivity contribution >= 4 is 23.3 Å². The average molecular weight is 443 g/mol. The molecular weight excluding hydrogens is 412 g/mol. The van der Waals surface area contributed by atoms with E-state index >= 15 is 0 Å². The fourth-order valence-electron chi connectivity index (χ4n) is 3.10. The molecule has 166 valence electrons. The molecule has 0 radical (unpaired) electrons. The molecule has 0 bridgehead atoms. The molecule has 2 aromatic rings. The molecule has 0 saturated carbocycles. The zero-order valence-electron chi connectivity index (χ0n) is 18.4. The average Bonchev–Trinajstić information content (AvgIpc) is 3.20. The number of aromatic nitrogens is 1. The van der Waals surface area contributed by atoms with Crippen LogP contribution >= 0.6 is 11.3 Å². The Labute approximate surface area is 187 Å². The third-order valence-corrected chi connectivity index (χ3v) is 5.29. The Morgan fingerprint density at radius 2 is 1.77 bits per heavy atom. The van der Waals surface area contributed by atoms with Crippen LogP contribution in [0.4, 0.5) is 4.79 Å². The summed E-state index contributed by atoms with van der Waals surface area (Å²) in [5.41, 5.74) is 1.54. The largest absolute Gasteiger partial charge is 0.445 e. The van der Waals surface area contributed by atoms with E-state index in [2.05, 4.69) is 29.5 Å². The van der Waals surface area contributed by atoms with E-state index < -0.39 is 12.1 Å². The molecule has 8 heteroatoms. The summed E-state index contributed by atoms with van der Waals surface area (Å²) in [5, 5.41) is 16.9. The maximum Gasteiger partial charge on any atom is 0.408 e. The van der Waals surface area contributed by atoms with Crippen LogP contribution in [0.15, 0.2) is 35.7 Å². The second-order valence-corrected chi connectivity index (χ2v) is 9.13. The first-order valence-corrected chi connectivity index (χ1v) is 11.3. The second-order valence-electron chi connectivity index (χ2n) is 8.27. The van der Waals surface area contributed by atoms with Crippen molar-refractivity contribution in [1.29, 1.82) is 5.26 Å². The molecule has 1 heterocycles. The third-order valence-electron chi connectivity index (χ3n) is 4.53. The fourth-order valence-corrected chi connectivity index (χ4v) is 3.77. The quantitative estimate of drug-likeness (QED) is 0.561. The van der Waals surface area contributed by atoms with Gasteiger partial charge in [-0.25, -0.2) is 9.78 Å². The molecule has 2 rings (SSSR count). The number of nitriles is 1. The molecule has 0 fully saturated rings. The number of rotatable bonds is 10. The van der Waals surface area contributed by atoms with E-state index in [4.69, 9.17) is 10.00 Å². The lowest BCUT2D eigenvalue weighted by molar-refractivity contribution is -0.124. The third kappa shape index (κ3) is 8.38. The highest BCUT2D eigenvalue weighted by molar-refractivity contribution is 7.10. The Morgan fingerprint density at radius 3 is 2.35 bits per heavy atom. The Hall–Kier alpha value is -2.92. The SMILES string of the molecule is CC(C)C[C@H](NC(=O)OCc1ccccc1)C(=O)N[C@@H](CC(C)C)c1csc(C#N)n1. The number of carbonyl (C=O) groups excluding carboxylic acids is 2. The molecule has 0 aliphatic carbocycles. The van der Waals surface area contributed by atoms with Crippen LogP contribution in [-0.4, -0.2) is 23.0 Å². The molecule has 2 atom stereocenters. The number of nitrogens with zero attached hydrogens (tertiary/aromatic N) is 2. The summed E-state index contributed by atoms with van der Waals surface area (Å²) in [4.78, 5) is 29.7. The maximum absolute atomic E-state index is 13.1. The Balaban J connectivity index is 2.05. The summed E-state index contributed by atoms with van der Waals surface area (Å²) in [6, 6.07) is 10.3. The number of carbonyl (C=O) groups is 2. The van der Waals surface area contributed by atoms with Gasteiger partial charge >= 0.3 is 6.09 Å². The van der Waals surface area contributed by atoms with E-state index in [-0.39, 0.29) is 24.5 Å². The highest BCUT2D eigenvalue weighted by atomic mass is 32.1. The number of ether oxygens (including phenoxy) is 1. The molecule has 2 N–H and O–H groups in total. The van der Waals surface area contributed by atoms with Gasteiger partial charge in [-0.15, -0.1) is 11.3 Å². The Kier molecular flexibility index (Phi) is 9.47. The van der Waals surface area contributed by atoms with E-state index in [1.807, 2.05) is 50.2 Å². The first-order valence-electron chi connectivity index (χ1n) is 10.4. The molecule has 0 aliphatic rings. The summed E-state index contributed by atoms with van der Waals surface area (Å²) in [6.07, 6.45) is 0.513. The van der Waals surface area contributed by atoms with Crippen molar-refractivity contribution in [2.24, 2.45) is 11.8 Å². The van der Waals surface area contributed by atoms with Crippen molar-refractivity contribution in [2.45, 2.75) is 59.2 Å². The molecule has 31 heavy (non-hydrogen) atoms. The maximum atomic E-state index is 13.1. The molecule has 0 aliphatic heterocycles. The molecule has 0 spiro atoms. The standard InChI is InChI=1S/C23H30N4O3S/c1-15(2)10-18(20-14-31-21(12-24)25-20)26-22(28)19(11-16(3)4)27-23(29)30-13-17-8-6-5-7-9-17/h5-9,14-16,18-19H,10-11,13H2,1-4H3,(H,26,28)(H,27,29)/t18-,19-/m0/s1. The molecule has 0 unspecified atom stereocenters. The second kappa shape index (κ2) is 12.1. The van der Waals surface area contributed by atoms with Gasteiger partial charge in [-0.3, -0.25) is 4.79 Å². The summed E-state index contributed by atoms with van der Waals surface area (Å²) in [6.45, 7) is 8.22. The van der Waals surface area contributed by atoms with Crippen molar-refractivity contribution in [2.75, 3.05) is 0 Å². The molecule has 2 amide bonds. The van der Waals surface area contributed by atoms with Gasteiger partial charge in [0.15, 0.2) is 5.01 Å². The summed E-state index contributed by atoms with van der Waals surface area (Å²) in [5.74, 6) is 0.214. The first kappa shape index (κ1) is 24.4. The first-order chi connectivity index (χ1) is 14.8. The lowest BCUT2D eigenvalue weighted by atomic mass is 9.99.